The maximum Gasteiger partial charge on any atom is 0.364 e. The normalized spacial score (nSPS) is 35.3. The molecule has 0 saturated carbocycles. The number of aliphatic carboxylic acids is 1. The number of aliphatic hydroxyl groups is 20. The lowest BCUT2D eigenvalue weighted by Crippen LogP contribution is -2.72. The van der Waals surface area contributed by atoms with Crippen LogP contribution in [0.4, 0.5) is 0 Å². The van der Waals surface area contributed by atoms with Crippen molar-refractivity contribution in [3.8, 4) is 0 Å². The van der Waals surface area contributed by atoms with Crippen LogP contribution in [0.1, 0.15) is 279 Å². The van der Waals surface area contributed by atoms with Crippen LogP contribution in [0.25, 0.3) is 0 Å². The fourth-order valence-electron chi connectivity index (χ4n) is 19.5. The van der Waals surface area contributed by atoms with Gasteiger partial charge in [0.05, 0.1) is 77.1 Å². The number of aliphatic hydroxyl groups excluding tert-OH is 20. The number of carboxylic acids is 1. The largest absolute Gasteiger partial charge is 0.477 e. The minimum atomic E-state index is -3.46. The van der Waals surface area contributed by atoms with E-state index in [4.69, 9.17) is 66.3 Å². The van der Waals surface area contributed by atoms with E-state index in [1.807, 2.05) is 6.08 Å². The summed E-state index contributed by atoms with van der Waals surface area (Å²) in [5, 5.41) is 253. The van der Waals surface area contributed by atoms with Crippen molar-refractivity contribution in [1.82, 2.24) is 26.6 Å². The predicted octanol–water partition coefficient (Wildman–Crippen LogP) is -1.99. The van der Waals surface area contributed by atoms with Crippen LogP contribution in [-0.2, 0) is 95.1 Å². The lowest BCUT2D eigenvalue weighted by Gasteiger charge is -2.53. The molecular weight excluding hydrogens is 1890 g/mol. The molecule has 0 aromatic carbocycles. The Kier molecular flexibility index (Phi) is 57.8. The van der Waals surface area contributed by atoms with Crippen LogP contribution >= 0.6 is 0 Å². The second-order valence-electron chi connectivity index (χ2n) is 39.2. The highest BCUT2D eigenvalue weighted by Crippen LogP contribution is 2.43. The molecule has 14 unspecified atom stereocenters. The van der Waals surface area contributed by atoms with Crippen molar-refractivity contribution in [2.75, 3.05) is 52.9 Å². The first-order chi connectivity index (χ1) is 68.5. The van der Waals surface area contributed by atoms with Gasteiger partial charge in [0.2, 0.25) is 29.5 Å². The van der Waals surface area contributed by atoms with Crippen LogP contribution in [0, 0.1) is 0 Å². The first kappa shape index (κ1) is 125. The number of allylic oxidation sites excluding steroid dienone is 1. The number of carbonyl (C=O) groups is 6. The number of nitrogens with one attached hydrogen (secondary N) is 5. The molecule has 0 aromatic heterocycles. The minimum Gasteiger partial charge on any atom is -0.477 e. The van der Waals surface area contributed by atoms with Gasteiger partial charge in [-0.2, -0.15) is 0 Å². The Labute approximate surface area is 837 Å². The van der Waals surface area contributed by atoms with E-state index in [-0.39, 0.29) is 6.42 Å². The fourth-order valence-corrected chi connectivity index (χ4v) is 19.5. The number of carboxylic acid groups (broad SMARTS) is 1. The Morgan fingerprint density at radius 2 is 0.692 bits per heavy atom. The van der Waals surface area contributed by atoms with Gasteiger partial charge in [-0.1, -0.05) is 231 Å². The predicted molar refractivity (Wildman–Crippen MR) is 504 cm³/mol. The molecule has 0 spiro atoms. The lowest BCUT2D eigenvalue weighted by atomic mass is 9.88. The highest BCUT2D eigenvalue weighted by atomic mass is 16.8. The molecule has 7 rings (SSSR count). The van der Waals surface area contributed by atoms with E-state index < -0.39 is 327 Å². The van der Waals surface area contributed by atoms with Crippen molar-refractivity contribution in [2.24, 2.45) is 0 Å². The lowest BCUT2D eigenvalue weighted by molar-refractivity contribution is -0.404. The number of hydrogen-bond donors (Lipinski definition) is 26. The Balaban J connectivity index is 1.12. The van der Waals surface area contributed by atoms with Gasteiger partial charge in [0.15, 0.2) is 37.7 Å². The summed E-state index contributed by atoms with van der Waals surface area (Å²) in [5.74, 6) is -9.79. The molecule has 832 valence electrons. The Morgan fingerprint density at radius 1 is 0.364 bits per heavy atom. The summed E-state index contributed by atoms with van der Waals surface area (Å²) in [6.07, 6.45) is -25.4. The first-order valence-electron chi connectivity index (χ1n) is 52.1. The third-order valence-corrected chi connectivity index (χ3v) is 27.6. The van der Waals surface area contributed by atoms with Gasteiger partial charge in [-0.05, 0) is 19.3 Å². The van der Waals surface area contributed by atoms with Crippen molar-refractivity contribution in [1.29, 1.82) is 0 Å². The molecule has 7 heterocycles. The zero-order chi connectivity index (χ0) is 105. The Hall–Kier alpha value is -4.80. The Morgan fingerprint density at radius 3 is 1.08 bits per heavy atom. The van der Waals surface area contributed by atoms with E-state index in [0.717, 1.165) is 91.9 Å². The number of unbranched alkanes of at least 4 members (excludes halogenated alkanes) is 33. The summed E-state index contributed by atoms with van der Waals surface area (Å²) in [7, 11) is 0. The van der Waals surface area contributed by atoms with Gasteiger partial charge in [0.25, 0.3) is 5.79 Å². The zero-order valence-corrected chi connectivity index (χ0v) is 83.9. The van der Waals surface area contributed by atoms with Gasteiger partial charge in [-0.25, -0.2) is 4.79 Å². The van der Waals surface area contributed by atoms with Gasteiger partial charge in [0, 0.05) is 40.5 Å². The highest BCUT2D eigenvalue weighted by molar-refractivity contribution is 5.77. The van der Waals surface area contributed by atoms with Crippen LogP contribution in [0.2, 0.25) is 0 Å². The summed E-state index contributed by atoms with van der Waals surface area (Å²) in [6.45, 7) is -0.526. The molecule has 0 aromatic rings. The maximum atomic E-state index is 13.9. The van der Waals surface area contributed by atoms with Crippen molar-refractivity contribution >= 4 is 35.5 Å². The molecule has 38 atom stereocenters. The molecule has 7 aliphatic rings. The molecule has 7 saturated heterocycles. The van der Waals surface area contributed by atoms with Crippen LogP contribution in [0.15, 0.2) is 12.2 Å². The van der Waals surface area contributed by atoms with Crippen molar-refractivity contribution in [3.05, 3.63) is 12.2 Å². The molecule has 5 amide bonds. The molecule has 0 radical (unpaired) electrons. The molecule has 0 bridgehead atoms. The summed E-state index contributed by atoms with van der Waals surface area (Å²) in [5.41, 5.74) is 0. The highest BCUT2D eigenvalue weighted by Gasteiger charge is 2.64. The zero-order valence-electron chi connectivity index (χ0n) is 83.9. The number of carbonyl (C=O) groups excluding carboxylic acids is 5. The van der Waals surface area contributed by atoms with Gasteiger partial charge in [-0.15, -0.1) is 0 Å². The quantitative estimate of drug-likeness (QED) is 0.0232. The van der Waals surface area contributed by atoms with E-state index in [2.05, 4.69) is 40.4 Å². The standard InChI is InChI=1S/C97H173N5O41/c1-7-9-11-13-15-17-19-21-22-23-24-25-26-27-28-29-30-32-34-36-38-40-42-44-68(117)102-58(59(114)43-41-39-37-35-33-31-20-18-16-14-12-10-8-2)53-130-93-80(125)79(124)84(65(50-107)134-93)138-94-81(126)88(85(66(51-108)135-94)139-90-70(99-55(4)111)76(121)74(119)62(47-104)131-90)141-92-72(101-57(6)113)78(123)83(64(49-106)133-92)137-95-82(127)89(86(67(52-109)136-95)140-91-71(100-56(5)112)77(122)75(120)63(48-105)132-91)143-97(96(128)129)45-60(115)69(98-54(3)110)87(142-97)73(118)61(116)46-103/h41,43,58-67,69-95,103-109,114-116,118-127H,7-40,42,44-53H2,1-6H3,(H,98,110)(H,99,111)(H,100,112)(H,101,113)(H,102,117)(H,128,129)/b43-41+/t58-,59+,60?,61+,62?,63?,64?,65?,66?,67?,69+,70?,71?,72?,73+,74-,75-,76+,77+,78+,79+,80?,81?,82?,83+,84+,85-,86-,87?,88+,89+,90-,91-,92-,93+,94-,95-,97-/m0/s1. The molecule has 7 fully saturated rings. The summed E-state index contributed by atoms with van der Waals surface area (Å²) in [4.78, 5) is 79.4. The van der Waals surface area contributed by atoms with Crippen LogP contribution in [0.5, 0.6) is 0 Å². The molecule has 26 N–H and O–H groups in total. The van der Waals surface area contributed by atoms with Gasteiger partial charge in [0.1, 0.15) is 165 Å². The van der Waals surface area contributed by atoms with E-state index in [9.17, 15) is 136 Å². The number of ether oxygens (including phenoxy) is 14. The number of amides is 5. The monoisotopic (exact) mass is 2060 g/mol. The average Bonchev–Trinajstić information content (AvgIpc) is 0.731. The van der Waals surface area contributed by atoms with E-state index in [1.165, 1.54) is 154 Å². The smallest absolute Gasteiger partial charge is 0.364 e. The molecule has 0 aliphatic carbocycles. The molecule has 46 heteroatoms. The summed E-state index contributed by atoms with van der Waals surface area (Å²) < 4.78 is 86.1. The van der Waals surface area contributed by atoms with E-state index >= 15 is 0 Å². The second kappa shape index (κ2) is 66.1. The number of rotatable bonds is 68. The second-order valence-corrected chi connectivity index (χ2v) is 39.2. The average molecular weight is 2070 g/mol. The number of hydrogen-bond acceptors (Lipinski definition) is 40. The molecule has 7 aliphatic heterocycles. The SMILES string of the molecule is CCCCCCCCCCCCC/C=C/[C@@H](O)[C@H](CO[C@@H]1OC(CO)[C@@H](O[C@@H]2OC(CO)[C@H](O[C@@H]3OC(CO)[C@H](O)[C@H](O)C3NC(C)=O)[C@H](O[C@@H]3OC(CO)[C@@H](O[C@@H]4OC(CO)[C@H](O[C@@H]5OC(CO)[C@H](O)[C@H](O)C5NC(C)=O)[C@H](O[C@]5(C(=O)O)CC(O)[C@@H](NC(C)=O)C([C@H](O)[C@H](O)CO)O5)C4O)[C@H](O)C3NC(C)=O)C2O)[C@H](O)C1O)NC(=O)CCCCCCCCCCCCCCCCCCCCCCCCC. The van der Waals surface area contributed by atoms with E-state index in [1.54, 1.807) is 0 Å². The van der Waals surface area contributed by atoms with Crippen LogP contribution < -0.4 is 26.6 Å². The first-order valence-corrected chi connectivity index (χ1v) is 52.1. The van der Waals surface area contributed by atoms with Crippen LogP contribution in [-0.4, -0.2) is 428 Å². The summed E-state index contributed by atoms with van der Waals surface area (Å²) >= 11 is 0. The van der Waals surface area contributed by atoms with Crippen molar-refractivity contribution in [3.63, 3.8) is 0 Å². The van der Waals surface area contributed by atoms with Crippen LogP contribution in [0.3, 0.4) is 0 Å². The Bertz CT molecular complexity index is 3580. The van der Waals surface area contributed by atoms with Gasteiger partial charge < -0.3 is 200 Å². The van der Waals surface area contributed by atoms with Gasteiger partial charge >= 0.3 is 5.97 Å². The fraction of sp³-hybridized carbons (Fsp3) is 0.918. The van der Waals surface area contributed by atoms with E-state index in [0.29, 0.717) is 12.8 Å². The topological polar surface area (TPSA) is 717 Å². The third kappa shape index (κ3) is 38.5. The van der Waals surface area contributed by atoms with Crippen molar-refractivity contribution < 1.29 is 202 Å². The molecule has 143 heavy (non-hydrogen) atoms. The molecule has 46 nitrogen and oxygen atoms in total. The van der Waals surface area contributed by atoms with Crippen molar-refractivity contribution in [2.45, 2.75) is 512 Å². The van der Waals surface area contributed by atoms with Gasteiger partial charge in [-0.3, -0.25) is 24.0 Å². The minimum absolute atomic E-state index is 0.111. The maximum absolute atomic E-state index is 13.9. The summed E-state index contributed by atoms with van der Waals surface area (Å²) in [6, 6.07) is -8.79. The third-order valence-electron chi connectivity index (χ3n) is 27.6. The molecular formula is C97H173N5O41.